The van der Waals surface area contributed by atoms with E-state index in [0.717, 1.165) is 0 Å². The second-order valence-corrected chi connectivity index (χ2v) is 3.68. The normalized spacial score (nSPS) is 51.7. The number of hydrogen-bond donors (Lipinski definition) is 0. The molecule has 1 amide bonds. The number of carbonyl (C=O) groups excluding carboxylic acids is 1. The first-order valence-corrected chi connectivity index (χ1v) is 4.41. The first-order chi connectivity index (χ1) is 6.24. The highest BCUT2D eigenvalue weighted by atomic mass is 16.7. The van der Waals surface area contributed by atoms with E-state index in [0.29, 0.717) is 0 Å². The Kier molecular flexibility index (Phi) is 1.26. The number of nitrogens with zero attached hydrogens (tertiary/aromatic N) is 1. The minimum atomic E-state index is -0.274. The van der Waals surface area contributed by atoms with Gasteiger partial charge in [-0.1, -0.05) is 0 Å². The molecule has 3 aliphatic heterocycles. The smallest absolute Gasteiger partial charge is 0.411 e. The fourth-order valence-corrected chi connectivity index (χ4v) is 2.34. The van der Waals surface area contributed by atoms with Crippen molar-refractivity contribution < 1.29 is 19.0 Å². The van der Waals surface area contributed by atoms with Gasteiger partial charge in [0.1, 0.15) is 12.1 Å². The summed E-state index contributed by atoms with van der Waals surface area (Å²) in [6.45, 7) is 1.90. The fourth-order valence-electron chi connectivity index (χ4n) is 2.34. The standard InChI is InChI=1S/C8H11NO4/c1-3-6-4-5(7(11-2)12-3)9(4)8(10)13-6/h3-7H,1-2H3/t3-,4-,5+,6+,7+,9?/m0/s1. The SMILES string of the molecule is CO[C@@H]1O[C@@H](C)[C@H]2OC(=O)N3[C@H]2[C@H]13. The first kappa shape index (κ1) is 7.58. The number of fused-ring (bicyclic) bond motifs is 1. The van der Waals surface area contributed by atoms with E-state index in [1.807, 2.05) is 6.92 Å². The lowest BCUT2D eigenvalue weighted by Gasteiger charge is -2.30. The van der Waals surface area contributed by atoms with Crippen LogP contribution >= 0.6 is 0 Å². The molecule has 0 aromatic rings. The number of carbonyl (C=O) groups is 1. The van der Waals surface area contributed by atoms with Gasteiger partial charge in [0.25, 0.3) is 0 Å². The van der Waals surface area contributed by atoms with Gasteiger partial charge in [-0.15, -0.1) is 0 Å². The Morgan fingerprint density at radius 1 is 1.46 bits per heavy atom. The molecule has 0 aromatic heterocycles. The van der Waals surface area contributed by atoms with E-state index in [2.05, 4.69) is 0 Å². The molecule has 0 radical (unpaired) electrons. The summed E-state index contributed by atoms with van der Waals surface area (Å²) >= 11 is 0. The number of methoxy groups -OCH3 is 1. The van der Waals surface area contributed by atoms with Gasteiger partial charge in [-0.05, 0) is 6.92 Å². The maximum Gasteiger partial charge on any atom is 0.411 e. The van der Waals surface area contributed by atoms with E-state index < -0.39 is 0 Å². The van der Waals surface area contributed by atoms with Gasteiger partial charge in [0.05, 0.1) is 6.10 Å². The van der Waals surface area contributed by atoms with Crippen LogP contribution in [-0.2, 0) is 14.2 Å². The quantitative estimate of drug-likeness (QED) is 0.537. The van der Waals surface area contributed by atoms with Crippen molar-refractivity contribution in [1.29, 1.82) is 0 Å². The van der Waals surface area contributed by atoms with Crippen LogP contribution in [0.5, 0.6) is 0 Å². The molecule has 0 aromatic carbocycles. The van der Waals surface area contributed by atoms with Gasteiger partial charge in [0, 0.05) is 7.11 Å². The maximum absolute atomic E-state index is 11.2. The van der Waals surface area contributed by atoms with E-state index in [4.69, 9.17) is 14.2 Å². The number of ether oxygens (including phenoxy) is 3. The number of rotatable bonds is 1. The van der Waals surface area contributed by atoms with Crippen LogP contribution in [0.2, 0.25) is 0 Å². The largest absolute Gasteiger partial charge is 0.441 e. The minimum Gasteiger partial charge on any atom is -0.441 e. The molecule has 0 aliphatic carbocycles. The summed E-state index contributed by atoms with van der Waals surface area (Å²) in [6.07, 6.45) is -0.659. The van der Waals surface area contributed by atoms with E-state index in [-0.39, 0.29) is 36.7 Å². The molecule has 72 valence electrons. The first-order valence-electron chi connectivity index (χ1n) is 4.41. The van der Waals surface area contributed by atoms with Crippen LogP contribution in [0.25, 0.3) is 0 Å². The van der Waals surface area contributed by atoms with Crippen LogP contribution in [0.4, 0.5) is 4.79 Å². The molecule has 3 heterocycles. The zero-order valence-corrected chi connectivity index (χ0v) is 7.47. The van der Waals surface area contributed by atoms with Gasteiger partial charge >= 0.3 is 6.09 Å². The Morgan fingerprint density at radius 2 is 2.23 bits per heavy atom. The van der Waals surface area contributed by atoms with Crippen LogP contribution < -0.4 is 0 Å². The lowest BCUT2D eigenvalue weighted by Crippen LogP contribution is -2.46. The molecule has 13 heavy (non-hydrogen) atoms. The monoisotopic (exact) mass is 185 g/mol. The molecule has 5 atom stereocenters. The molecule has 0 N–H and O–H groups in total. The Morgan fingerprint density at radius 3 is 2.92 bits per heavy atom. The van der Waals surface area contributed by atoms with Crippen LogP contribution in [0.3, 0.4) is 0 Å². The predicted octanol–water partition coefficient (Wildman–Crippen LogP) is -0.0508. The third kappa shape index (κ3) is 0.763. The van der Waals surface area contributed by atoms with E-state index in [1.54, 1.807) is 12.0 Å². The molecule has 3 aliphatic rings. The Bertz CT molecular complexity index is 265. The highest BCUT2D eigenvalue weighted by molar-refractivity contribution is 5.76. The molecular formula is C8H11NO4. The van der Waals surface area contributed by atoms with Crippen molar-refractivity contribution in [2.75, 3.05) is 7.11 Å². The maximum atomic E-state index is 11.2. The molecule has 3 fully saturated rings. The van der Waals surface area contributed by atoms with Gasteiger partial charge in [-0.2, -0.15) is 0 Å². The van der Waals surface area contributed by atoms with Crippen LogP contribution in [0.1, 0.15) is 6.92 Å². The highest BCUT2D eigenvalue weighted by Crippen LogP contribution is 2.47. The summed E-state index contributed by atoms with van der Waals surface area (Å²) < 4.78 is 15.8. The molecule has 3 saturated heterocycles. The average Bonchev–Trinajstić information content (AvgIpc) is 2.75. The third-order valence-electron chi connectivity index (χ3n) is 3.01. The van der Waals surface area contributed by atoms with Gasteiger partial charge in [0.15, 0.2) is 12.4 Å². The third-order valence-corrected chi connectivity index (χ3v) is 3.01. The lowest BCUT2D eigenvalue weighted by atomic mass is 10.1. The van der Waals surface area contributed by atoms with E-state index in [9.17, 15) is 4.79 Å². The van der Waals surface area contributed by atoms with Gasteiger partial charge in [0.2, 0.25) is 0 Å². The lowest BCUT2D eigenvalue weighted by molar-refractivity contribution is -0.196. The molecule has 3 rings (SSSR count). The molecule has 0 bridgehead atoms. The van der Waals surface area contributed by atoms with Crippen molar-refractivity contribution >= 4 is 6.09 Å². The molecule has 5 nitrogen and oxygen atoms in total. The van der Waals surface area contributed by atoms with Crippen molar-refractivity contribution in [2.45, 2.75) is 37.5 Å². The second-order valence-electron chi connectivity index (χ2n) is 3.68. The summed E-state index contributed by atoms with van der Waals surface area (Å²) in [6, 6.07) is 0.286. The van der Waals surface area contributed by atoms with E-state index in [1.165, 1.54) is 0 Å². The van der Waals surface area contributed by atoms with Crippen molar-refractivity contribution in [3.05, 3.63) is 0 Å². The Hall–Kier alpha value is -0.810. The van der Waals surface area contributed by atoms with Gasteiger partial charge in [-0.25, -0.2) is 4.79 Å². The second kappa shape index (κ2) is 2.16. The number of hydrogen-bond acceptors (Lipinski definition) is 4. The number of amides is 1. The Balaban J connectivity index is 1.88. The molecule has 0 saturated carbocycles. The van der Waals surface area contributed by atoms with Crippen molar-refractivity contribution in [3.8, 4) is 0 Å². The van der Waals surface area contributed by atoms with Crippen LogP contribution in [0, 0.1) is 0 Å². The summed E-state index contributed by atoms with van der Waals surface area (Å²) in [5.74, 6) is 0. The summed E-state index contributed by atoms with van der Waals surface area (Å²) in [4.78, 5) is 12.9. The molecule has 5 heteroatoms. The summed E-state index contributed by atoms with van der Waals surface area (Å²) in [7, 11) is 1.60. The highest BCUT2D eigenvalue weighted by Gasteiger charge is 2.70. The summed E-state index contributed by atoms with van der Waals surface area (Å²) in [5, 5.41) is 0. The zero-order valence-electron chi connectivity index (χ0n) is 7.47. The van der Waals surface area contributed by atoms with Crippen LogP contribution in [0.15, 0.2) is 0 Å². The molecular weight excluding hydrogens is 174 g/mol. The summed E-state index contributed by atoms with van der Waals surface area (Å²) in [5.41, 5.74) is 0. The fraction of sp³-hybridized carbons (Fsp3) is 0.875. The van der Waals surface area contributed by atoms with E-state index >= 15 is 0 Å². The van der Waals surface area contributed by atoms with Crippen molar-refractivity contribution in [1.82, 2.24) is 4.90 Å². The predicted molar refractivity (Wildman–Crippen MR) is 41.0 cm³/mol. The zero-order chi connectivity index (χ0) is 9.16. The Labute approximate surface area is 75.5 Å². The van der Waals surface area contributed by atoms with Crippen LogP contribution in [-0.4, -0.2) is 48.7 Å². The van der Waals surface area contributed by atoms with Crippen molar-refractivity contribution in [2.24, 2.45) is 0 Å². The topological polar surface area (TPSA) is 47.8 Å². The van der Waals surface area contributed by atoms with Gasteiger partial charge < -0.3 is 14.2 Å². The van der Waals surface area contributed by atoms with Crippen molar-refractivity contribution in [3.63, 3.8) is 0 Å². The molecule has 0 spiro atoms. The van der Waals surface area contributed by atoms with Gasteiger partial charge in [-0.3, -0.25) is 4.90 Å². The molecule has 0 unspecified atom stereocenters. The average molecular weight is 185 g/mol. The minimum absolute atomic E-state index is 0.0670.